The Morgan fingerprint density at radius 1 is 0.311 bits per heavy atom. The van der Waals surface area contributed by atoms with E-state index in [-0.39, 0.29) is 58.5 Å². The van der Waals surface area contributed by atoms with Crippen LogP contribution in [0, 0.1) is 101 Å². The van der Waals surface area contributed by atoms with E-state index in [2.05, 4.69) is 93.7 Å². The third-order valence-electron chi connectivity index (χ3n) is 26.7. The van der Waals surface area contributed by atoms with Gasteiger partial charge in [-0.15, -0.1) is 0 Å². The number of hydrogen-bond acceptors (Lipinski definition) is 6. The molecule has 10 saturated heterocycles. The van der Waals surface area contributed by atoms with Crippen LogP contribution in [0.15, 0.2) is 103 Å². The standard InChI is InChI=1S/C18H26FNO.C18H26FN.C17H23F2N.2C17H24FN.4CH4/c1-12(2)14-9-7-13-8-10-17(14)20(13)11-15-16(19)5-4-6-18(15)21-3;1-12(2)14-9-15-7-8-16(10-14)20(15)11-17-13(3)5-4-6-18(17)19;1-11(2)13-8-6-12-7-9-17(13)20(12)10-14-15(18)4-3-5-16(14)19;2*1-12(2)15-9-7-14-8-10-17(15)19(14)11-13-5-3-4-6-16(13)18;;;;/h4-6,12-14,17H,7-11H2,1-3H3;4-6,12,14-16H,7-11H2,1-3H3;3-5,11-13,17H,6-10H2,1-2H3;2*3-6,12,14-15,17H,7-11H2,1-2H3;4*1H4/t13?,14-,17?;;12?,13-,17?;;;;;;/m0.1....../s1. The Hall–Kier alpha value is -4.72. The fourth-order valence-corrected chi connectivity index (χ4v) is 21.1. The van der Waals surface area contributed by atoms with Crippen molar-refractivity contribution in [2.75, 3.05) is 7.11 Å². The fraction of sp³-hybridized carbons (Fsp3) is 0.670. The van der Waals surface area contributed by atoms with Crippen LogP contribution in [0.4, 0.5) is 26.3 Å². The Morgan fingerprint density at radius 3 is 0.951 bits per heavy atom. The Kier molecular flexibility index (Phi) is 32.3. The van der Waals surface area contributed by atoms with Crippen molar-refractivity contribution in [2.24, 2.45) is 59.2 Å². The van der Waals surface area contributed by atoms with Gasteiger partial charge in [-0.2, -0.15) is 0 Å². The first kappa shape index (κ1) is 85.5. The van der Waals surface area contributed by atoms with Crippen molar-refractivity contribution < 1.29 is 31.1 Å². The lowest BCUT2D eigenvalue weighted by atomic mass is 9.81. The summed E-state index contributed by atoms with van der Waals surface area (Å²) in [6, 6.07) is 35.6. The second kappa shape index (κ2) is 38.9. The summed E-state index contributed by atoms with van der Waals surface area (Å²) in [5.41, 5.74) is 4.70. The molecule has 0 radical (unpaired) electrons. The van der Waals surface area contributed by atoms with Crippen LogP contribution in [0.5, 0.6) is 5.75 Å². The van der Waals surface area contributed by atoms with Crippen LogP contribution in [0.2, 0.25) is 0 Å². The lowest BCUT2D eigenvalue weighted by Gasteiger charge is -2.42. The van der Waals surface area contributed by atoms with Crippen molar-refractivity contribution in [2.45, 2.75) is 327 Å². The number of methoxy groups -OCH3 is 1. The normalized spacial score (nSPS) is 29.1. The molecule has 10 bridgehead atoms. The van der Waals surface area contributed by atoms with Gasteiger partial charge in [0.05, 0.1) is 7.11 Å². The van der Waals surface area contributed by atoms with Gasteiger partial charge in [-0.05, 0) is 243 Å². The minimum atomic E-state index is -0.406. The number of aryl methyl sites for hydroxylation is 1. The SMILES string of the molecule is C.C.C.C.CC(C)C1CCC2CCC1N2Cc1ccccc1F.CC(C)C1CCC2CCC1N2Cc1ccccc1F.CC(C)[C@H]1CCC2CCC1N2Cc1c(F)cccc1F.COc1cccc(F)c1CN1C2CCC1[C@H](C(C)C)CC2.Cc1cccc(F)c1CN1C2CCC1CC(C(C)C)C2. The number of benzene rings is 5. The number of piperidine rings is 5. The third-order valence-corrected chi connectivity index (χ3v) is 26.7. The van der Waals surface area contributed by atoms with Gasteiger partial charge in [0.2, 0.25) is 0 Å². The molecule has 0 saturated carbocycles. The highest BCUT2D eigenvalue weighted by Gasteiger charge is 2.48. The molecular formula is C91H139F6N5O. The summed E-state index contributed by atoms with van der Waals surface area (Å²) < 4.78 is 89.1. The van der Waals surface area contributed by atoms with E-state index in [1.165, 1.54) is 147 Å². The number of nitrogens with zero attached hydrogens (tertiary/aromatic N) is 5. The Labute approximate surface area is 623 Å². The summed E-state index contributed by atoms with van der Waals surface area (Å²) in [5, 5.41) is 0. The van der Waals surface area contributed by atoms with Crippen LogP contribution in [-0.4, -0.2) is 92.0 Å². The molecule has 14 atom stereocenters. The maximum atomic E-state index is 14.2. The second-order valence-corrected chi connectivity index (χ2v) is 33.7. The van der Waals surface area contributed by atoms with Gasteiger partial charge in [0.1, 0.15) is 40.7 Å². The van der Waals surface area contributed by atoms with Gasteiger partial charge in [0.25, 0.3) is 0 Å². The molecule has 103 heavy (non-hydrogen) atoms. The Bertz CT molecular complexity index is 3240. The van der Waals surface area contributed by atoms with E-state index in [1.54, 1.807) is 49.6 Å². The lowest BCUT2D eigenvalue weighted by molar-refractivity contribution is 0.0600. The second-order valence-electron chi connectivity index (χ2n) is 33.7. The molecule has 15 rings (SSSR count). The van der Waals surface area contributed by atoms with Crippen molar-refractivity contribution in [1.29, 1.82) is 0 Å². The lowest BCUT2D eigenvalue weighted by Crippen LogP contribution is -2.46. The first-order valence-electron chi connectivity index (χ1n) is 39.3. The van der Waals surface area contributed by atoms with Gasteiger partial charge in [-0.25, -0.2) is 26.3 Å². The molecule has 0 spiro atoms. The zero-order valence-corrected chi connectivity index (χ0v) is 62.5. The van der Waals surface area contributed by atoms with E-state index in [4.69, 9.17) is 4.74 Å². The summed E-state index contributed by atoms with van der Waals surface area (Å²) >= 11 is 0. The van der Waals surface area contributed by atoms with E-state index < -0.39 is 11.6 Å². The third kappa shape index (κ3) is 20.0. The van der Waals surface area contributed by atoms with Gasteiger partial charge >= 0.3 is 0 Å². The van der Waals surface area contributed by atoms with E-state index in [0.717, 1.165) is 88.9 Å². The molecule has 10 heterocycles. The van der Waals surface area contributed by atoms with Gasteiger partial charge < -0.3 is 4.74 Å². The molecule has 12 unspecified atom stereocenters. The molecule has 0 amide bonds. The summed E-state index contributed by atoms with van der Waals surface area (Å²) in [4.78, 5) is 12.7. The molecule has 5 aromatic carbocycles. The molecule has 0 N–H and O–H groups in total. The van der Waals surface area contributed by atoms with Crippen molar-refractivity contribution in [3.63, 3.8) is 0 Å². The van der Waals surface area contributed by atoms with Gasteiger partial charge in [0, 0.05) is 121 Å². The first-order chi connectivity index (χ1) is 47.6. The molecule has 576 valence electrons. The molecule has 5 aromatic rings. The predicted octanol–water partition coefficient (Wildman–Crippen LogP) is 24.1. The van der Waals surface area contributed by atoms with Crippen LogP contribution in [0.3, 0.4) is 0 Å². The summed E-state index contributed by atoms with van der Waals surface area (Å²) in [7, 11) is 1.63. The smallest absolute Gasteiger partial charge is 0.131 e. The molecule has 6 nitrogen and oxygen atoms in total. The monoisotopic (exact) mass is 1430 g/mol. The average molecular weight is 1430 g/mol. The van der Waals surface area contributed by atoms with Crippen LogP contribution in [0.25, 0.3) is 0 Å². The number of fused-ring (bicyclic) bond motifs is 10. The topological polar surface area (TPSA) is 25.4 Å². The summed E-state index contributed by atoms with van der Waals surface area (Å²) in [5.74, 6) is 7.11. The number of rotatable bonds is 16. The maximum Gasteiger partial charge on any atom is 0.131 e. The number of halogens is 6. The molecule has 0 aromatic heterocycles. The molecule has 0 aliphatic carbocycles. The summed E-state index contributed by atoms with van der Waals surface area (Å²) in [6.07, 6.45) is 25.7. The van der Waals surface area contributed by atoms with Crippen molar-refractivity contribution in [3.8, 4) is 5.75 Å². The largest absolute Gasteiger partial charge is 0.496 e. The van der Waals surface area contributed by atoms with E-state index >= 15 is 0 Å². The minimum Gasteiger partial charge on any atom is -0.496 e. The number of hydrogen-bond donors (Lipinski definition) is 0. The Balaban J connectivity index is 0.000000179. The van der Waals surface area contributed by atoms with E-state index in [0.29, 0.717) is 97.0 Å². The van der Waals surface area contributed by atoms with Crippen LogP contribution >= 0.6 is 0 Å². The number of ether oxygens (including phenoxy) is 1. The molecule has 12 heteroatoms. The Morgan fingerprint density at radius 2 is 0.602 bits per heavy atom. The van der Waals surface area contributed by atoms with Gasteiger partial charge in [0.15, 0.2) is 0 Å². The quantitative estimate of drug-likeness (QED) is 0.0914. The van der Waals surface area contributed by atoms with Crippen LogP contribution in [-0.2, 0) is 32.7 Å². The highest BCUT2D eigenvalue weighted by atomic mass is 19.1. The van der Waals surface area contributed by atoms with Crippen molar-refractivity contribution in [1.82, 2.24) is 24.5 Å². The molecule has 10 aliphatic heterocycles. The molecule has 10 aliphatic rings. The fourth-order valence-electron chi connectivity index (χ4n) is 21.1. The van der Waals surface area contributed by atoms with Gasteiger partial charge in [-0.1, -0.05) is 160 Å². The highest BCUT2D eigenvalue weighted by Crippen LogP contribution is 2.48. The zero-order valence-electron chi connectivity index (χ0n) is 62.5. The van der Waals surface area contributed by atoms with Gasteiger partial charge in [-0.3, -0.25) is 24.5 Å². The average Bonchev–Trinajstić information content (AvgIpc) is 1.68. The van der Waals surface area contributed by atoms with Crippen LogP contribution in [0.1, 0.15) is 261 Å². The van der Waals surface area contributed by atoms with Crippen LogP contribution < -0.4 is 4.74 Å². The predicted molar refractivity (Wildman–Crippen MR) is 420 cm³/mol. The van der Waals surface area contributed by atoms with Crippen molar-refractivity contribution in [3.05, 3.63) is 171 Å². The van der Waals surface area contributed by atoms with E-state index in [9.17, 15) is 26.3 Å². The highest BCUT2D eigenvalue weighted by molar-refractivity contribution is 5.35. The molecule has 10 fully saturated rings. The van der Waals surface area contributed by atoms with Crippen molar-refractivity contribution >= 4 is 0 Å². The summed E-state index contributed by atoms with van der Waals surface area (Å²) in [6.45, 7) is 28.8. The first-order valence-corrected chi connectivity index (χ1v) is 39.3. The van der Waals surface area contributed by atoms with E-state index in [1.807, 2.05) is 49.4 Å². The molecular weight excluding hydrogens is 1290 g/mol. The minimum absolute atomic E-state index is 0. The maximum absolute atomic E-state index is 14.2. The zero-order chi connectivity index (χ0) is 70.3.